The molecule has 1 N–H and O–H groups in total. The molecule has 2 atom stereocenters. The second-order valence-corrected chi connectivity index (χ2v) is 7.84. The third-order valence-electron chi connectivity index (χ3n) is 4.43. The van der Waals surface area contributed by atoms with E-state index in [1.807, 2.05) is 56.0 Å². The lowest BCUT2D eigenvalue weighted by Crippen LogP contribution is -2.52. The Kier molecular flexibility index (Phi) is 6.45. The molecule has 0 aliphatic carbocycles. The number of piperidine rings is 1. The SMILES string of the molecule is CC1CN(C(=O)CCc2ccccc2)CCC1NC(=O)OC(C)(C)C. The van der Waals surface area contributed by atoms with E-state index < -0.39 is 5.60 Å². The summed E-state index contributed by atoms with van der Waals surface area (Å²) in [6.07, 6.45) is 1.68. The highest BCUT2D eigenvalue weighted by Gasteiger charge is 2.30. The lowest BCUT2D eigenvalue weighted by atomic mass is 9.93. The van der Waals surface area contributed by atoms with Crippen molar-refractivity contribution in [1.82, 2.24) is 10.2 Å². The van der Waals surface area contributed by atoms with Crippen LogP contribution in [-0.4, -0.2) is 41.6 Å². The van der Waals surface area contributed by atoms with E-state index in [9.17, 15) is 9.59 Å². The van der Waals surface area contributed by atoms with Crippen LogP contribution in [0.25, 0.3) is 0 Å². The lowest BCUT2D eigenvalue weighted by Gasteiger charge is -2.37. The van der Waals surface area contributed by atoms with E-state index in [2.05, 4.69) is 12.2 Å². The van der Waals surface area contributed by atoms with E-state index in [0.717, 1.165) is 12.8 Å². The van der Waals surface area contributed by atoms with E-state index in [-0.39, 0.29) is 24.0 Å². The van der Waals surface area contributed by atoms with Crippen LogP contribution >= 0.6 is 0 Å². The smallest absolute Gasteiger partial charge is 0.407 e. The Bertz CT molecular complexity index is 580. The number of ether oxygens (including phenoxy) is 1. The molecule has 0 aromatic heterocycles. The number of nitrogens with one attached hydrogen (secondary N) is 1. The average Bonchev–Trinajstić information content (AvgIpc) is 2.53. The molecule has 5 heteroatoms. The maximum Gasteiger partial charge on any atom is 0.407 e. The number of alkyl carbamates (subject to hydrolysis) is 1. The van der Waals surface area contributed by atoms with Gasteiger partial charge < -0.3 is 15.0 Å². The zero-order chi connectivity index (χ0) is 18.4. The number of rotatable bonds is 4. The number of likely N-dealkylation sites (tertiary alicyclic amines) is 1. The molecular weight excluding hydrogens is 316 g/mol. The second kappa shape index (κ2) is 8.37. The van der Waals surface area contributed by atoms with Crippen molar-refractivity contribution in [3.63, 3.8) is 0 Å². The lowest BCUT2D eigenvalue weighted by molar-refractivity contribution is -0.133. The molecule has 1 saturated heterocycles. The Morgan fingerprint density at radius 3 is 2.52 bits per heavy atom. The molecule has 1 aliphatic rings. The largest absolute Gasteiger partial charge is 0.444 e. The molecule has 1 aliphatic heterocycles. The summed E-state index contributed by atoms with van der Waals surface area (Å²) in [4.78, 5) is 26.3. The third kappa shape index (κ3) is 6.40. The van der Waals surface area contributed by atoms with E-state index >= 15 is 0 Å². The van der Waals surface area contributed by atoms with Gasteiger partial charge in [-0.05, 0) is 45.1 Å². The Hall–Kier alpha value is -2.04. The van der Waals surface area contributed by atoms with Crippen LogP contribution in [-0.2, 0) is 16.0 Å². The van der Waals surface area contributed by atoms with Crippen molar-refractivity contribution in [2.75, 3.05) is 13.1 Å². The van der Waals surface area contributed by atoms with Crippen LogP contribution in [0.2, 0.25) is 0 Å². The van der Waals surface area contributed by atoms with Crippen molar-refractivity contribution >= 4 is 12.0 Å². The standard InChI is InChI=1S/C20H30N2O3/c1-15-14-22(18(23)11-10-16-8-6-5-7-9-16)13-12-17(15)21-19(24)25-20(2,3)4/h5-9,15,17H,10-14H2,1-4H3,(H,21,24). The first-order valence-electron chi connectivity index (χ1n) is 9.06. The van der Waals surface area contributed by atoms with Crippen LogP contribution in [0.5, 0.6) is 0 Å². The molecule has 2 unspecified atom stereocenters. The number of hydrogen-bond acceptors (Lipinski definition) is 3. The zero-order valence-corrected chi connectivity index (χ0v) is 15.7. The minimum atomic E-state index is -0.499. The third-order valence-corrected chi connectivity index (χ3v) is 4.43. The summed E-state index contributed by atoms with van der Waals surface area (Å²) in [7, 11) is 0. The minimum absolute atomic E-state index is 0.0491. The molecule has 138 valence electrons. The van der Waals surface area contributed by atoms with Crippen LogP contribution in [0.3, 0.4) is 0 Å². The van der Waals surface area contributed by atoms with Gasteiger partial charge in [0.2, 0.25) is 5.91 Å². The molecule has 0 radical (unpaired) electrons. The van der Waals surface area contributed by atoms with Gasteiger partial charge in [-0.25, -0.2) is 4.79 Å². The molecule has 2 amide bonds. The molecule has 1 fully saturated rings. The summed E-state index contributed by atoms with van der Waals surface area (Å²) in [5.74, 6) is 0.397. The number of amides is 2. The summed E-state index contributed by atoms with van der Waals surface area (Å²) in [6.45, 7) is 8.98. The molecule has 2 rings (SSSR count). The number of carbonyl (C=O) groups excluding carboxylic acids is 2. The normalized spacial score (nSPS) is 20.9. The Balaban J connectivity index is 1.78. The maximum atomic E-state index is 12.4. The highest BCUT2D eigenvalue weighted by atomic mass is 16.6. The van der Waals surface area contributed by atoms with Gasteiger partial charge in [0.15, 0.2) is 0 Å². The molecular formula is C20H30N2O3. The molecule has 25 heavy (non-hydrogen) atoms. The van der Waals surface area contributed by atoms with Crippen molar-refractivity contribution in [3.8, 4) is 0 Å². The van der Waals surface area contributed by atoms with E-state index in [1.54, 1.807) is 0 Å². The van der Waals surface area contributed by atoms with Gasteiger partial charge in [0, 0.05) is 25.6 Å². The zero-order valence-electron chi connectivity index (χ0n) is 15.7. The number of carbonyl (C=O) groups is 2. The van der Waals surface area contributed by atoms with Crippen molar-refractivity contribution in [2.24, 2.45) is 5.92 Å². The van der Waals surface area contributed by atoms with Gasteiger partial charge in [0.05, 0.1) is 0 Å². The molecule has 1 aromatic carbocycles. The quantitative estimate of drug-likeness (QED) is 0.909. The topological polar surface area (TPSA) is 58.6 Å². The summed E-state index contributed by atoms with van der Waals surface area (Å²) in [5, 5.41) is 2.94. The van der Waals surface area contributed by atoms with Gasteiger partial charge in [-0.3, -0.25) is 4.79 Å². The fraction of sp³-hybridized carbons (Fsp3) is 0.600. The van der Waals surface area contributed by atoms with Crippen LogP contribution in [0.4, 0.5) is 4.79 Å². The van der Waals surface area contributed by atoms with Crippen LogP contribution in [0.1, 0.15) is 46.1 Å². The number of hydrogen-bond donors (Lipinski definition) is 1. The van der Waals surface area contributed by atoms with E-state index in [4.69, 9.17) is 4.74 Å². The van der Waals surface area contributed by atoms with Crippen LogP contribution in [0, 0.1) is 5.92 Å². The fourth-order valence-electron chi connectivity index (χ4n) is 3.10. The average molecular weight is 346 g/mol. The first-order valence-corrected chi connectivity index (χ1v) is 9.06. The summed E-state index contributed by atoms with van der Waals surface area (Å²) in [6, 6.07) is 10.1. The van der Waals surface area contributed by atoms with Gasteiger partial charge in [-0.15, -0.1) is 0 Å². The Morgan fingerprint density at radius 2 is 1.92 bits per heavy atom. The summed E-state index contributed by atoms with van der Waals surface area (Å²) in [5.41, 5.74) is 0.687. The highest BCUT2D eigenvalue weighted by molar-refractivity contribution is 5.76. The molecule has 1 heterocycles. The Labute approximate surface area is 150 Å². The fourth-order valence-corrected chi connectivity index (χ4v) is 3.10. The van der Waals surface area contributed by atoms with Crippen molar-refractivity contribution in [2.45, 2.75) is 58.6 Å². The number of aryl methyl sites for hydroxylation is 1. The monoisotopic (exact) mass is 346 g/mol. The molecule has 1 aromatic rings. The minimum Gasteiger partial charge on any atom is -0.444 e. The van der Waals surface area contributed by atoms with Crippen molar-refractivity contribution < 1.29 is 14.3 Å². The van der Waals surface area contributed by atoms with Gasteiger partial charge in [-0.1, -0.05) is 37.3 Å². The first kappa shape index (κ1) is 19.3. The molecule has 0 saturated carbocycles. The van der Waals surface area contributed by atoms with E-state index in [0.29, 0.717) is 19.5 Å². The van der Waals surface area contributed by atoms with Gasteiger partial charge in [0.1, 0.15) is 5.60 Å². The number of nitrogens with zero attached hydrogens (tertiary/aromatic N) is 1. The first-order chi connectivity index (χ1) is 11.7. The van der Waals surface area contributed by atoms with Crippen LogP contribution in [0.15, 0.2) is 30.3 Å². The second-order valence-electron chi connectivity index (χ2n) is 7.84. The molecule has 0 spiro atoms. The van der Waals surface area contributed by atoms with Gasteiger partial charge >= 0.3 is 6.09 Å². The summed E-state index contributed by atoms with van der Waals surface area (Å²) < 4.78 is 5.32. The van der Waals surface area contributed by atoms with E-state index in [1.165, 1.54) is 5.56 Å². The van der Waals surface area contributed by atoms with Gasteiger partial charge in [0.25, 0.3) is 0 Å². The van der Waals surface area contributed by atoms with Crippen LogP contribution < -0.4 is 5.32 Å². The van der Waals surface area contributed by atoms with Crippen molar-refractivity contribution in [1.29, 1.82) is 0 Å². The predicted octanol–water partition coefficient (Wildman–Crippen LogP) is 3.38. The van der Waals surface area contributed by atoms with Gasteiger partial charge in [-0.2, -0.15) is 0 Å². The molecule has 5 nitrogen and oxygen atoms in total. The Morgan fingerprint density at radius 1 is 1.24 bits per heavy atom. The van der Waals surface area contributed by atoms with Crippen molar-refractivity contribution in [3.05, 3.63) is 35.9 Å². The maximum absolute atomic E-state index is 12.4. The predicted molar refractivity (Wildman–Crippen MR) is 98.3 cm³/mol. The number of benzene rings is 1. The summed E-state index contributed by atoms with van der Waals surface area (Å²) >= 11 is 0. The molecule has 0 bridgehead atoms. The highest BCUT2D eigenvalue weighted by Crippen LogP contribution is 2.19.